The van der Waals surface area contributed by atoms with E-state index in [0.29, 0.717) is 0 Å². The zero-order valence-electron chi connectivity index (χ0n) is 14.6. The largest absolute Gasteiger partial charge is 0.497 e. The van der Waals surface area contributed by atoms with Crippen LogP contribution in [0.25, 0.3) is 0 Å². The quantitative estimate of drug-likeness (QED) is 0.386. The van der Waals surface area contributed by atoms with Crippen molar-refractivity contribution in [3.05, 3.63) is 28.8 Å². The van der Waals surface area contributed by atoms with Crippen molar-refractivity contribution in [1.82, 2.24) is 10.6 Å². The average molecular weight is 354 g/mol. The number of rotatable bonds is 10. The van der Waals surface area contributed by atoms with E-state index in [1.807, 2.05) is 18.2 Å². The van der Waals surface area contributed by atoms with Crippen molar-refractivity contribution in [1.29, 1.82) is 0 Å². The van der Waals surface area contributed by atoms with Gasteiger partial charge in [0.15, 0.2) is 5.96 Å². The summed E-state index contributed by atoms with van der Waals surface area (Å²) in [7, 11) is 3.42. The maximum absolute atomic E-state index is 6.25. The molecule has 0 saturated heterocycles. The minimum Gasteiger partial charge on any atom is -0.497 e. The smallest absolute Gasteiger partial charge is 0.190 e. The SMILES string of the molecule is CN=C(NCCCOCC1CC1)NCCc1ccc(OC)cc1Cl. The van der Waals surface area contributed by atoms with Crippen LogP contribution in [-0.4, -0.2) is 46.4 Å². The zero-order valence-corrected chi connectivity index (χ0v) is 15.4. The van der Waals surface area contributed by atoms with Crippen LogP contribution in [0.5, 0.6) is 5.75 Å². The monoisotopic (exact) mass is 353 g/mol. The molecule has 1 aliphatic rings. The molecule has 0 radical (unpaired) electrons. The van der Waals surface area contributed by atoms with Gasteiger partial charge in [0.2, 0.25) is 0 Å². The highest BCUT2D eigenvalue weighted by atomic mass is 35.5. The molecule has 0 bridgehead atoms. The van der Waals surface area contributed by atoms with E-state index in [1.165, 1.54) is 12.8 Å². The summed E-state index contributed by atoms with van der Waals surface area (Å²) in [5.74, 6) is 2.41. The Morgan fingerprint density at radius 3 is 2.75 bits per heavy atom. The number of hydrogen-bond donors (Lipinski definition) is 2. The normalized spacial score (nSPS) is 14.5. The van der Waals surface area contributed by atoms with Gasteiger partial charge in [0.1, 0.15) is 5.75 Å². The molecule has 1 aliphatic carbocycles. The Labute approximate surface area is 149 Å². The number of ether oxygens (including phenoxy) is 2. The molecule has 0 unspecified atom stereocenters. The number of halogens is 1. The fraction of sp³-hybridized carbons (Fsp3) is 0.611. The molecule has 1 aromatic rings. The minimum atomic E-state index is 0.729. The van der Waals surface area contributed by atoms with Gasteiger partial charge in [-0.15, -0.1) is 0 Å². The lowest BCUT2D eigenvalue weighted by Gasteiger charge is -2.12. The molecule has 1 aromatic carbocycles. The zero-order chi connectivity index (χ0) is 17.2. The van der Waals surface area contributed by atoms with Crippen LogP contribution in [0.4, 0.5) is 0 Å². The first-order valence-electron chi connectivity index (χ1n) is 8.57. The minimum absolute atomic E-state index is 0.729. The molecule has 5 nitrogen and oxygen atoms in total. The van der Waals surface area contributed by atoms with Gasteiger partial charge in [0, 0.05) is 38.4 Å². The Bertz CT molecular complexity index is 533. The molecule has 0 aliphatic heterocycles. The summed E-state index contributed by atoms with van der Waals surface area (Å²) < 4.78 is 10.8. The first-order chi connectivity index (χ1) is 11.7. The van der Waals surface area contributed by atoms with Crippen LogP contribution in [0, 0.1) is 5.92 Å². The Hall–Kier alpha value is -1.46. The summed E-state index contributed by atoms with van der Waals surface area (Å²) >= 11 is 6.25. The van der Waals surface area contributed by atoms with Crippen molar-refractivity contribution in [3.63, 3.8) is 0 Å². The molecule has 2 rings (SSSR count). The fourth-order valence-corrected chi connectivity index (χ4v) is 2.57. The fourth-order valence-electron chi connectivity index (χ4n) is 2.31. The molecular weight excluding hydrogens is 326 g/mol. The van der Waals surface area contributed by atoms with E-state index in [9.17, 15) is 0 Å². The van der Waals surface area contributed by atoms with E-state index >= 15 is 0 Å². The molecule has 134 valence electrons. The Balaban J connectivity index is 1.58. The standard InChI is InChI=1S/C18H28ClN3O2/c1-20-18(21-9-3-11-24-13-14-4-5-14)22-10-8-15-6-7-16(23-2)12-17(15)19/h6-7,12,14H,3-5,8-11,13H2,1-2H3,(H2,20,21,22). The lowest BCUT2D eigenvalue weighted by molar-refractivity contribution is 0.123. The van der Waals surface area contributed by atoms with Gasteiger partial charge in [-0.1, -0.05) is 17.7 Å². The number of nitrogens with one attached hydrogen (secondary N) is 2. The number of guanidine groups is 1. The van der Waals surface area contributed by atoms with E-state index in [4.69, 9.17) is 21.1 Å². The van der Waals surface area contributed by atoms with E-state index in [2.05, 4.69) is 15.6 Å². The summed E-state index contributed by atoms with van der Waals surface area (Å²) in [4.78, 5) is 4.23. The van der Waals surface area contributed by atoms with Crippen molar-refractivity contribution < 1.29 is 9.47 Å². The highest BCUT2D eigenvalue weighted by Gasteiger charge is 2.20. The molecule has 0 heterocycles. The molecule has 0 aromatic heterocycles. The van der Waals surface area contributed by atoms with Crippen molar-refractivity contribution >= 4 is 17.6 Å². The predicted octanol–water partition coefficient (Wildman–Crippen LogP) is 2.87. The average Bonchev–Trinajstić information content (AvgIpc) is 3.41. The summed E-state index contributed by atoms with van der Waals surface area (Å²) in [6.45, 7) is 3.36. The van der Waals surface area contributed by atoms with Gasteiger partial charge in [-0.2, -0.15) is 0 Å². The highest BCUT2D eigenvalue weighted by molar-refractivity contribution is 6.31. The van der Waals surface area contributed by atoms with Crippen molar-refractivity contribution in [2.45, 2.75) is 25.7 Å². The van der Waals surface area contributed by atoms with Crippen LogP contribution in [0.3, 0.4) is 0 Å². The summed E-state index contributed by atoms with van der Waals surface area (Å²) in [6, 6.07) is 5.76. The molecule has 0 atom stereocenters. The Kier molecular flexibility index (Phi) is 8.19. The predicted molar refractivity (Wildman–Crippen MR) is 99.2 cm³/mol. The van der Waals surface area contributed by atoms with E-state index in [0.717, 1.165) is 67.4 Å². The molecule has 6 heteroatoms. The van der Waals surface area contributed by atoms with Gasteiger partial charge in [-0.05, 0) is 49.3 Å². The van der Waals surface area contributed by atoms with Gasteiger partial charge in [0.05, 0.1) is 7.11 Å². The molecule has 2 N–H and O–H groups in total. The third kappa shape index (κ3) is 6.97. The summed E-state index contributed by atoms with van der Waals surface area (Å²) in [5.41, 5.74) is 1.09. The van der Waals surface area contributed by atoms with Gasteiger partial charge < -0.3 is 20.1 Å². The number of methoxy groups -OCH3 is 1. The topological polar surface area (TPSA) is 54.9 Å². The van der Waals surface area contributed by atoms with E-state index in [1.54, 1.807) is 14.2 Å². The third-order valence-corrected chi connectivity index (χ3v) is 4.33. The maximum Gasteiger partial charge on any atom is 0.190 e. The second-order valence-electron chi connectivity index (χ2n) is 6.00. The lowest BCUT2D eigenvalue weighted by atomic mass is 10.1. The number of hydrogen-bond acceptors (Lipinski definition) is 3. The van der Waals surface area contributed by atoms with Gasteiger partial charge in [0.25, 0.3) is 0 Å². The molecule has 0 amide bonds. The second-order valence-corrected chi connectivity index (χ2v) is 6.41. The number of benzene rings is 1. The lowest BCUT2D eigenvalue weighted by Crippen LogP contribution is -2.39. The second kappa shape index (κ2) is 10.4. The number of nitrogens with zero attached hydrogens (tertiary/aromatic N) is 1. The molecule has 0 spiro atoms. The van der Waals surface area contributed by atoms with Crippen LogP contribution in [0.1, 0.15) is 24.8 Å². The first kappa shape index (κ1) is 18.9. The molecule has 24 heavy (non-hydrogen) atoms. The van der Waals surface area contributed by atoms with Gasteiger partial charge in [-0.3, -0.25) is 4.99 Å². The van der Waals surface area contributed by atoms with E-state index < -0.39 is 0 Å². The van der Waals surface area contributed by atoms with Crippen molar-refractivity contribution in [2.24, 2.45) is 10.9 Å². The molecular formula is C18H28ClN3O2. The van der Waals surface area contributed by atoms with Crippen molar-refractivity contribution in [2.75, 3.05) is 40.5 Å². The van der Waals surface area contributed by atoms with Crippen LogP contribution in [-0.2, 0) is 11.2 Å². The first-order valence-corrected chi connectivity index (χ1v) is 8.95. The van der Waals surface area contributed by atoms with Crippen LogP contribution in [0.15, 0.2) is 23.2 Å². The Morgan fingerprint density at radius 1 is 1.29 bits per heavy atom. The van der Waals surface area contributed by atoms with Crippen LogP contribution < -0.4 is 15.4 Å². The highest BCUT2D eigenvalue weighted by Crippen LogP contribution is 2.28. The van der Waals surface area contributed by atoms with Crippen molar-refractivity contribution in [3.8, 4) is 5.75 Å². The molecule has 1 fully saturated rings. The summed E-state index contributed by atoms with van der Waals surface area (Å²) in [6.07, 6.45) is 4.49. The van der Waals surface area contributed by atoms with Gasteiger partial charge >= 0.3 is 0 Å². The Morgan fingerprint density at radius 2 is 2.08 bits per heavy atom. The molecule has 1 saturated carbocycles. The van der Waals surface area contributed by atoms with E-state index in [-0.39, 0.29) is 0 Å². The van der Waals surface area contributed by atoms with Crippen LogP contribution in [0.2, 0.25) is 5.02 Å². The number of aliphatic imine (C=N–C) groups is 1. The van der Waals surface area contributed by atoms with Crippen LogP contribution >= 0.6 is 11.6 Å². The third-order valence-electron chi connectivity index (χ3n) is 3.98. The summed E-state index contributed by atoms with van der Waals surface area (Å²) in [5, 5.41) is 7.33. The van der Waals surface area contributed by atoms with Gasteiger partial charge in [-0.25, -0.2) is 0 Å². The maximum atomic E-state index is 6.25.